The Labute approximate surface area is 119 Å². The quantitative estimate of drug-likeness (QED) is 0.788. The van der Waals surface area contributed by atoms with Crippen molar-refractivity contribution in [2.75, 3.05) is 26.9 Å². The molecule has 4 nitrogen and oxygen atoms in total. The monoisotopic (exact) mass is 274 g/mol. The summed E-state index contributed by atoms with van der Waals surface area (Å²) in [5.41, 5.74) is 9.36. The van der Waals surface area contributed by atoms with Gasteiger partial charge in [0, 0.05) is 30.8 Å². The zero-order valence-electron chi connectivity index (χ0n) is 12.1. The van der Waals surface area contributed by atoms with E-state index in [0.29, 0.717) is 19.8 Å². The molecule has 0 radical (unpaired) electrons. The first kappa shape index (κ1) is 14.9. The van der Waals surface area contributed by atoms with Crippen LogP contribution in [0.5, 0.6) is 0 Å². The van der Waals surface area contributed by atoms with Gasteiger partial charge in [0.2, 0.25) is 0 Å². The van der Waals surface area contributed by atoms with E-state index in [4.69, 9.17) is 15.2 Å². The Kier molecular flexibility index (Phi) is 5.47. The van der Waals surface area contributed by atoms with Crippen molar-refractivity contribution in [3.05, 3.63) is 41.6 Å². The minimum absolute atomic E-state index is 0.0109. The summed E-state index contributed by atoms with van der Waals surface area (Å²) in [6, 6.07) is 10.3. The Morgan fingerprint density at radius 1 is 1.15 bits per heavy atom. The second kappa shape index (κ2) is 7.33. The molecule has 0 saturated heterocycles. The second-order valence-corrected chi connectivity index (χ2v) is 4.91. The largest absolute Gasteiger partial charge is 0.382 e. The van der Waals surface area contributed by atoms with E-state index in [2.05, 4.69) is 23.2 Å². The number of aryl methyl sites for hydroxylation is 1. The summed E-state index contributed by atoms with van der Waals surface area (Å²) >= 11 is 0. The SMILES string of the molecule is COCCOCCC(N)c1ccc2nc(C)ccc2c1. The van der Waals surface area contributed by atoms with Crippen LogP contribution in [-0.2, 0) is 9.47 Å². The molecule has 1 aromatic carbocycles. The van der Waals surface area contributed by atoms with Crippen molar-refractivity contribution >= 4 is 10.9 Å². The topological polar surface area (TPSA) is 57.4 Å². The molecule has 0 amide bonds. The molecule has 2 rings (SSSR count). The van der Waals surface area contributed by atoms with Crippen molar-refractivity contribution in [2.45, 2.75) is 19.4 Å². The number of hydrogen-bond acceptors (Lipinski definition) is 4. The normalized spacial score (nSPS) is 12.8. The number of pyridine rings is 1. The lowest BCUT2D eigenvalue weighted by atomic mass is 10.0. The van der Waals surface area contributed by atoms with Crippen molar-refractivity contribution < 1.29 is 9.47 Å². The minimum Gasteiger partial charge on any atom is -0.382 e. The van der Waals surface area contributed by atoms with Gasteiger partial charge in [0.15, 0.2) is 0 Å². The lowest BCUT2D eigenvalue weighted by molar-refractivity contribution is 0.0672. The van der Waals surface area contributed by atoms with Crippen LogP contribution in [0, 0.1) is 6.92 Å². The molecule has 0 spiro atoms. The van der Waals surface area contributed by atoms with Crippen LogP contribution in [0.1, 0.15) is 23.7 Å². The number of nitrogens with two attached hydrogens (primary N) is 1. The highest BCUT2D eigenvalue weighted by molar-refractivity contribution is 5.79. The van der Waals surface area contributed by atoms with E-state index >= 15 is 0 Å². The predicted octanol–water partition coefficient (Wildman–Crippen LogP) is 2.60. The smallest absolute Gasteiger partial charge is 0.0705 e. The van der Waals surface area contributed by atoms with Gasteiger partial charge in [-0.2, -0.15) is 0 Å². The maximum absolute atomic E-state index is 6.20. The Morgan fingerprint density at radius 2 is 2.00 bits per heavy atom. The van der Waals surface area contributed by atoms with Gasteiger partial charge in [0.25, 0.3) is 0 Å². The van der Waals surface area contributed by atoms with Crippen molar-refractivity contribution in [3.63, 3.8) is 0 Å². The molecule has 1 aromatic heterocycles. The fourth-order valence-corrected chi connectivity index (χ4v) is 2.10. The molecule has 0 aliphatic carbocycles. The molecule has 0 bridgehead atoms. The maximum atomic E-state index is 6.20. The van der Waals surface area contributed by atoms with Gasteiger partial charge in [-0.1, -0.05) is 12.1 Å². The van der Waals surface area contributed by atoms with Crippen molar-refractivity contribution in [2.24, 2.45) is 5.73 Å². The summed E-state index contributed by atoms with van der Waals surface area (Å²) in [5.74, 6) is 0. The fourth-order valence-electron chi connectivity index (χ4n) is 2.10. The third-order valence-corrected chi connectivity index (χ3v) is 3.29. The molecule has 2 N–H and O–H groups in total. The van der Waals surface area contributed by atoms with Gasteiger partial charge in [0.1, 0.15) is 0 Å². The summed E-state index contributed by atoms with van der Waals surface area (Å²) in [5, 5.41) is 1.13. The van der Waals surface area contributed by atoms with Gasteiger partial charge < -0.3 is 15.2 Å². The molecule has 20 heavy (non-hydrogen) atoms. The van der Waals surface area contributed by atoms with Crippen LogP contribution in [0.2, 0.25) is 0 Å². The van der Waals surface area contributed by atoms with E-state index in [0.717, 1.165) is 28.6 Å². The first-order chi connectivity index (χ1) is 9.70. The van der Waals surface area contributed by atoms with Gasteiger partial charge in [-0.05, 0) is 37.1 Å². The minimum atomic E-state index is -0.0109. The van der Waals surface area contributed by atoms with E-state index in [9.17, 15) is 0 Å². The molecule has 0 aliphatic rings. The Bertz CT molecular complexity index is 557. The summed E-state index contributed by atoms with van der Waals surface area (Å²) in [7, 11) is 1.67. The average molecular weight is 274 g/mol. The summed E-state index contributed by atoms with van der Waals surface area (Å²) in [6.45, 7) is 3.88. The summed E-state index contributed by atoms with van der Waals surface area (Å²) < 4.78 is 10.4. The van der Waals surface area contributed by atoms with Gasteiger partial charge in [0.05, 0.1) is 18.7 Å². The molecular formula is C16H22N2O2. The number of ether oxygens (including phenoxy) is 2. The van der Waals surface area contributed by atoms with Gasteiger partial charge >= 0.3 is 0 Å². The van der Waals surface area contributed by atoms with Gasteiger partial charge in [-0.25, -0.2) is 0 Å². The van der Waals surface area contributed by atoms with Crippen LogP contribution < -0.4 is 5.73 Å². The van der Waals surface area contributed by atoms with Crippen LogP contribution in [0.3, 0.4) is 0 Å². The standard InChI is InChI=1S/C16H22N2O2/c1-12-3-4-14-11-13(5-6-16(14)18-12)15(17)7-8-20-10-9-19-2/h3-6,11,15H,7-10,17H2,1-2H3. The zero-order chi connectivity index (χ0) is 14.4. The number of hydrogen-bond donors (Lipinski definition) is 1. The van der Waals surface area contributed by atoms with Gasteiger partial charge in [-0.15, -0.1) is 0 Å². The number of rotatable bonds is 7. The van der Waals surface area contributed by atoms with Crippen LogP contribution in [-0.4, -0.2) is 31.9 Å². The first-order valence-electron chi connectivity index (χ1n) is 6.90. The molecular weight excluding hydrogens is 252 g/mol. The lowest BCUT2D eigenvalue weighted by Gasteiger charge is -2.13. The fraction of sp³-hybridized carbons (Fsp3) is 0.438. The third kappa shape index (κ3) is 4.00. The van der Waals surface area contributed by atoms with Crippen LogP contribution in [0.15, 0.2) is 30.3 Å². The number of nitrogens with zero attached hydrogens (tertiary/aromatic N) is 1. The number of aromatic nitrogens is 1. The van der Waals surface area contributed by atoms with Crippen LogP contribution in [0.4, 0.5) is 0 Å². The highest BCUT2D eigenvalue weighted by Gasteiger charge is 2.07. The molecule has 1 heterocycles. The summed E-state index contributed by atoms with van der Waals surface area (Å²) in [6.07, 6.45) is 0.800. The van der Waals surface area contributed by atoms with Crippen LogP contribution in [0.25, 0.3) is 10.9 Å². The molecule has 2 aromatic rings. The molecule has 0 fully saturated rings. The predicted molar refractivity (Wildman–Crippen MR) is 80.7 cm³/mol. The van der Waals surface area contributed by atoms with E-state index < -0.39 is 0 Å². The van der Waals surface area contributed by atoms with Crippen molar-refractivity contribution in [1.82, 2.24) is 4.98 Å². The van der Waals surface area contributed by atoms with Gasteiger partial charge in [-0.3, -0.25) is 4.98 Å². The number of fused-ring (bicyclic) bond motifs is 1. The van der Waals surface area contributed by atoms with Crippen LogP contribution >= 0.6 is 0 Å². The molecule has 0 saturated carbocycles. The van der Waals surface area contributed by atoms with Crippen molar-refractivity contribution in [1.29, 1.82) is 0 Å². The van der Waals surface area contributed by atoms with E-state index in [1.807, 2.05) is 19.1 Å². The zero-order valence-corrected chi connectivity index (χ0v) is 12.1. The summed E-state index contributed by atoms with van der Waals surface area (Å²) in [4.78, 5) is 4.49. The Hall–Kier alpha value is -1.49. The van der Waals surface area contributed by atoms with E-state index in [1.165, 1.54) is 0 Å². The molecule has 1 unspecified atom stereocenters. The van der Waals surface area contributed by atoms with Crippen molar-refractivity contribution in [3.8, 4) is 0 Å². The Balaban J connectivity index is 1.96. The third-order valence-electron chi connectivity index (χ3n) is 3.29. The average Bonchev–Trinajstić information content (AvgIpc) is 2.46. The molecule has 1 atom stereocenters. The highest BCUT2D eigenvalue weighted by Crippen LogP contribution is 2.20. The molecule has 4 heteroatoms. The number of methoxy groups -OCH3 is 1. The molecule has 0 aliphatic heterocycles. The maximum Gasteiger partial charge on any atom is 0.0705 e. The number of benzene rings is 1. The van der Waals surface area contributed by atoms with E-state index in [-0.39, 0.29) is 6.04 Å². The lowest BCUT2D eigenvalue weighted by Crippen LogP contribution is -2.14. The van der Waals surface area contributed by atoms with E-state index in [1.54, 1.807) is 7.11 Å². The highest BCUT2D eigenvalue weighted by atomic mass is 16.5. The second-order valence-electron chi connectivity index (χ2n) is 4.91. The Morgan fingerprint density at radius 3 is 2.80 bits per heavy atom. The molecule has 108 valence electrons. The first-order valence-corrected chi connectivity index (χ1v) is 6.90.